The number of carbonyl (C=O) groups excluding carboxylic acids is 1. The summed E-state index contributed by atoms with van der Waals surface area (Å²) < 4.78 is 5.81. The van der Waals surface area contributed by atoms with Gasteiger partial charge in [0.25, 0.3) is 5.91 Å². The molecule has 1 unspecified atom stereocenters. The lowest BCUT2D eigenvalue weighted by molar-refractivity contribution is -0.118. The van der Waals surface area contributed by atoms with Crippen molar-refractivity contribution in [1.29, 1.82) is 0 Å². The molecule has 2 N–H and O–H groups in total. The van der Waals surface area contributed by atoms with E-state index in [0.29, 0.717) is 24.3 Å². The lowest BCUT2D eigenvalue weighted by atomic mass is 10.0. The fraction of sp³-hybridized carbons (Fsp3) is 0.533. The Morgan fingerprint density at radius 1 is 1.47 bits per heavy atom. The van der Waals surface area contributed by atoms with Crippen LogP contribution in [-0.2, 0) is 4.74 Å². The van der Waals surface area contributed by atoms with Crippen molar-refractivity contribution in [3.05, 3.63) is 29.3 Å². The number of benzene rings is 1. The lowest BCUT2D eigenvalue weighted by Crippen LogP contribution is -2.53. The first kappa shape index (κ1) is 13.9. The van der Waals surface area contributed by atoms with Gasteiger partial charge in [0.15, 0.2) is 0 Å². The molecule has 1 fully saturated rings. The minimum atomic E-state index is -0.302. The van der Waals surface area contributed by atoms with Gasteiger partial charge in [-0.1, -0.05) is 6.07 Å². The van der Waals surface area contributed by atoms with Crippen molar-refractivity contribution in [3.63, 3.8) is 0 Å². The maximum Gasteiger partial charge on any atom is 0.254 e. The summed E-state index contributed by atoms with van der Waals surface area (Å²) in [6, 6.07) is 5.48. The molecule has 0 bridgehead atoms. The third kappa shape index (κ3) is 3.07. The predicted octanol–water partition coefficient (Wildman–Crippen LogP) is 2.22. The van der Waals surface area contributed by atoms with Crippen molar-refractivity contribution in [1.82, 2.24) is 4.90 Å². The van der Waals surface area contributed by atoms with E-state index in [4.69, 9.17) is 10.5 Å². The van der Waals surface area contributed by atoms with Crippen LogP contribution in [0, 0.1) is 6.92 Å². The standard InChI is InChI=1S/C15H22N2O2/c1-10-5-6-12(7-13(10)16)14(18)17-8-11(2)19-15(3,4)9-17/h5-7,11H,8-9,16H2,1-4H3. The third-order valence-electron chi connectivity index (χ3n) is 3.38. The average molecular weight is 262 g/mol. The number of aryl methyl sites for hydroxylation is 1. The minimum Gasteiger partial charge on any atom is -0.398 e. The fourth-order valence-corrected chi connectivity index (χ4v) is 2.56. The van der Waals surface area contributed by atoms with E-state index in [-0.39, 0.29) is 17.6 Å². The molecule has 1 aromatic rings. The Balaban J connectivity index is 2.21. The Morgan fingerprint density at radius 2 is 2.16 bits per heavy atom. The van der Waals surface area contributed by atoms with Crippen LogP contribution in [0.5, 0.6) is 0 Å². The van der Waals surface area contributed by atoms with Gasteiger partial charge in [0.05, 0.1) is 11.7 Å². The van der Waals surface area contributed by atoms with E-state index < -0.39 is 0 Å². The Hall–Kier alpha value is -1.55. The van der Waals surface area contributed by atoms with Gasteiger partial charge in [-0.15, -0.1) is 0 Å². The highest BCUT2D eigenvalue weighted by atomic mass is 16.5. The van der Waals surface area contributed by atoms with Crippen LogP contribution in [0.2, 0.25) is 0 Å². The summed E-state index contributed by atoms with van der Waals surface area (Å²) in [5, 5.41) is 0. The molecule has 0 spiro atoms. The van der Waals surface area contributed by atoms with E-state index in [1.807, 2.05) is 44.7 Å². The highest BCUT2D eigenvalue weighted by Gasteiger charge is 2.34. The highest BCUT2D eigenvalue weighted by Crippen LogP contribution is 2.23. The van der Waals surface area contributed by atoms with Crippen LogP contribution in [0.25, 0.3) is 0 Å². The van der Waals surface area contributed by atoms with Gasteiger partial charge in [-0.2, -0.15) is 0 Å². The quantitative estimate of drug-likeness (QED) is 0.789. The largest absolute Gasteiger partial charge is 0.398 e. The van der Waals surface area contributed by atoms with Crippen LogP contribution in [0.1, 0.15) is 36.7 Å². The van der Waals surface area contributed by atoms with Crippen molar-refractivity contribution >= 4 is 11.6 Å². The molecule has 104 valence electrons. The maximum absolute atomic E-state index is 12.5. The number of hydrogen-bond acceptors (Lipinski definition) is 3. The molecule has 0 saturated carbocycles. The number of amides is 1. The fourth-order valence-electron chi connectivity index (χ4n) is 2.56. The van der Waals surface area contributed by atoms with Crippen molar-refractivity contribution in [2.45, 2.75) is 39.4 Å². The first-order valence-corrected chi connectivity index (χ1v) is 6.62. The van der Waals surface area contributed by atoms with E-state index in [9.17, 15) is 4.79 Å². The molecule has 4 heteroatoms. The molecule has 1 aliphatic heterocycles. The molecule has 4 nitrogen and oxygen atoms in total. The minimum absolute atomic E-state index is 0.0231. The summed E-state index contributed by atoms with van der Waals surface area (Å²) >= 11 is 0. The zero-order valence-corrected chi connectivity index (χ0v) is 12.1. The van der Waals surface area contributed by atoms with Gasteiger partial charge in [0.2, 0.25) is 0 Å². The van der Waals surface area contributed by atoms with E-state index in [0.717, 1.165) is 5.56 Å². The molecule has 1 saturated heterocycles. The van der Waals surface area contributed by atoms with Crippen LogP contribution >= 0.6 is 0 Å². The van der Waals surface area contributed by atoms with Gasteiger partial charge in [-0.05, 0) is 45.4 Å². The molecule has 0 radical (unpaired) electrons. The van der Waals surface area contributed by atoms with Gasteiger partial charge >= 0.3 is 0 Å². The summed E-state index contributed by atoms with van der Waals surface area (Å²) in [5.74, 6) is 0.0231. The highest BCUT2D eigenvalue weighted by molar-refractivity contribution is 5.95. The van der Waals surface area contributed by atoms with Crippen LogP contribution in [-0.4, -0.2) is 35.6 Å². The zero-order chi connectivity index (χ0) is 14.2. The third-order valence-corrected chi connectivity index (χ3v) is 3.38. The number of anilines is 1. The predicted molar refractivity (Wildman–Crippen MR) is 76.1 cm³/mol. The number of nitrogens with zero attached hydrogens (tertiary/aromatic N) is 1. The molecule has 0 aliphatic carbocycles. The Kier molecular flexibility index (Phi) is 3.54. The summed E-state index contributed by atoms with van der Waals surface area (Å²) in [5.41, 5.74) is 7.87. The molecule has 0 aromatic heterocycles. The lowest BCUT2D eigenvalue weighted by Gasteiger charge is -2.41. The zero-order valence-electron chi connectivity index (χ0n) is 12.1. The number of morpholine rings is 1. The van der Waals surface area contributed by atoms with E-state index in [1.165, 1.54) is 0 Å². The normalized spacial score (nSPS) is 22.3. The van der Waals surface area contributed by atoms with Crippen LogP contribution in [0.15, 0.2) is 18.2 Å². The topological polar surface area (TPSA) is 55.6 Å². The second-order valence-electron chi connectivity index (χ2n) is 5.95. The van der Waals surface area contributed by atoms with Crippen LogP contribution < -0.4 is 5.73 Å². The van der Waals surface area contributed by atoms with Crippen LogP contribution in [0.4, 0.5) is 5.69 Å². The molecular weight excluding hydrogens is 240 g/mol. The van der Waals surface area contributed by atoms with Gasteiger partial charge in [-0.3, -0.25) is 4.79 Å². The number of nitrogens with two attached hydrogens (primary N) is 1. The number of nitrogen functional groups attached to an aromatic ring is 1. The number of carbonyl (C=O) groups is 1. The SMILES string of the molecule is Cc1ccc(C(=O)N2CC(C)OC(C)(C)C2)cc1N. The van der Waals surface area contributed by atoms with Crippen molar-refractivity contribution in [2.75, 3.05) is 18.8 Å². The number of ether oxygens (including phenoxy) is 1. The second kappa shape index (κ2) is 4.85. The summed E-state index contributed by atoms with van der Waals surface area (Å²) in [6.07, 6.45) is 0.0514. The molecule has 1 heterocycles. The van der Waals surface area contributed by atoms with E-state index in [1.54, 1.807) is 6.07 Å². The Bertz CT molecular complexity index is 497. The Morgan fingerprint density at radius 3 is 2.74 bits per heavy atom. The van der Waals surface area contributed by atoms with Crippen molar-refractivity contribution < 1.29 is 9.53 Å². The van der Waals surface area contributed by atoms with E-state index >= 15 is 0 Å². The monoisotopic (exact) mass is 262 g/mol. The van der Waals surface area contributed by atoms with E-state index in [2.05, 4.69) is 0 Å². The number of rotatable bonds is 1. The number of hydrogen-bond donors (Lipinski definition) is 1. The van der Waals surface area contributed by atoms with Gasteiger partial charge in [0.1, 0.15) is 0 Å². The van der Waals surface area contributed by atoms with Crippen molar-refractivity contribution in [3.8, 4) is 0 Å². The van der Waals surface area contributed by atoms with Gasteiger partial charge in [-0.25, -0.2) is 0 Å². The second-order valence-corrected chi connectivity index (χ2v) is 5.95. The molecule has 1 atom stereocenters. The molecule has 1 amide bonds. The molecule has 1 aliphatic rings. The molecule has 2 rings (SSSR count). The summed E-state index contributed by atoms with van der Waals surface area (Å²) in [7, 11) is 0. The summed E-state index contributed by atoms with van der Waals surface area (Å²) in [4.78, 5) is 14.4. The maximum atomic E-state index is 12.5. The smallest absolute Gasteiger partial charge is 0.254 e. The Labute approximate surface area is 114 Å². The van der Waals surface area contributed by atoms with Gasteiger partial charge in [0, 0.05) is 24.3 Å². The van der Waals surface area contributed by atoms with Crippen LogP contribution in [0.3, 0.4) is 0 Å². The summed E-state index contributed by atoms with van der Waals surface area (Å²) in [6.45, 7) is 9.16. The molecule has 19 heavy (non-hydrogen) atoms. The first-order chi connectivity index (χ1) is 8.78. The molecular formula is C15H22N2O2. The average Bonchev–Trinajstić information content (AvgIpc) is 2.29. The first-order valence-electron chi connectivity index (χ1n) is 6.62. The molecule has 1 aromatic carbocycles. The van der Waals surface area contributed by atoms with Crippen molar-refractivity contribution in [2.24, 2.45) is 0 Å². The van der Waals surface area contributed by atoms with Gasteiger partial charge < -0.3 is 15.4 Å².